The van der Waals surface area contributed by atoms with Gasteiger partial charge >= 0.3 is 0 Å². The maximum atomic E-state index is 13.0. The number of ketones is 1. The van der Waals surface area contributed by atoms with Crippen LogP contribution in [0.25, 0.3) is 12.2 Å². The summed E-state index contributed by atoms with van der Waals surface area (Å²) in [7, 11) is 0. The van der Waals surface area contributed by atoms with Crippen LogP contribution in [0, 0.1) is 5.92 Å². The number of Topliss-reactive ketones (excluding diaryl/α,β-unsaturated/α-hetero) is 1. The fourth-order valence-corrected chi connectivity index (χ4v) is 3.10. The van der Waals surface area contributed by atoms with Gasteiger partial charge in [-0.3, -0.25) is 4.79 Å². The Balaban J connectivity index is 1.97. The first-order valence-corrected chi connectivity index (χ1v) is 8.31. The van der Waals surface area contributed by atoms with Crippen molar-refractivity contribution >= 4 is 17.9 Å². The lowest BCUT2D eigenvalue weighted by Gasteiger charge is -2.11. The van der Waals surface area contributed by atoms with Gasteiger partial charge in [0.25, 0.3) is 0 Å². The SMILES string of the molecule is CC1CCCC(=Cc2ccccc2)C(=O)C1=Cc1ccccc1. The molecule has 1 atom stereocenters. The topological polar surface area (TPSA) is 17.1 Å². The fourth-order valence-electron chi connectivity index (χ4n) is 3.10. The smallest absolute Gasteiger partial charge is 0.185 e. The second-order valence-corrected chi connectivity index (χ2v) is 6.21. The Morgan fingerprint density at radius 3 is 2.04 bits per heavy atom. The van der Waals surface area contributed by atoms with Gasteiger partial charge in [-0.1, -0.05) is 67.6 Å². The number of hydrogen-bond acceptors (Lipinski definition) is 1. The molecule has 1 nitrogen and oxygen atoms in total. The summed E-state index contributed by atoms with van der Waals surface area (Å²) in [5.74, 6) is 0.520. The summed E-state index contributed by atoms with van der Waals surface area (Å²) >= 11 is 0. The third-order valence-electron chi connectivity index (χ3n) is 4.43. The van der Waals surface area contributed by atoms with Crippen molar-refractivity contribution in [3.63, 3.8) is 0 Å². The van der Waals surface area contributed by atoms with Gasteiger partial charge in [-0.25, -0.2) is 0 Å². The van der Waals surface area contributed by atoms with Crippen LogP contribution in [0.2, 0.25) is 0 Å². The van der Waals surface area contributed by atoms with Crippen LogP contribution < -0.4 is 0 Å². The van der Waals surface area contributed by atoms with E-state index >= 15 is 0 Å². The van der Waals surface area contributed by atoms with Crippen LogP contribution in [-0.2, 0) is 4.79 Å². The van der Waals surface area contributed by atoms with Gasteiger partial charge in [-0.05, 0) is 48.5 Å². The van der Waals surface area contributed by atoms with Crippen molar-refractivity contribution < 1.29 is 4.79 Å². The van der Waals surface area contributed by atoms with Crippen LogP contribution in [0.4, 0.5) is 0 Å². The highest BCUT2D eigenvalue weighted by atomic mass is 16.1. The van der Waals surface area contributed by atoms with E-state index in [-0.39, 0.29) is 5.78 Å². The summed E-state index contributed by atoms with van der Waals surface area (Å²) in [4.78, 5) is 13.0. The van der Waals surface area contributed by atoms with E-state index in [1.807, 2.05) is 36.4 Å². The molecule has 2 aromatic carbocycles. The molecule has 0 heterocycles. The molecule has 23 heavy (non-hydrogen) atoms. The highest BCUT2D eigenvalue weighted by Gasteiger charge is 2.24. The molecule has 116 valence electrons. The molecule has 1 heteroatoms. The summed E-state index contributed by atoms with van der Waals surface area (Å²) < 4.78 is 0. The quantitative estimate of drug-likeness (QED) is 0.525. The number of rotatable bonds is 2. The van der Waals surface area contributed by atoms with Crippen LogP contribution >= 0.6 is 0 Å². The Morgan fingerprint density at radius 2 is 1.43 bits per heavy atom. The lowest BCUT2D eigenvalue weighted by atomic mass is 9.92. The highest BCUT2D eigenvalue weighted by molar-refractivity contribution is 6.13. The molecular weight excluding hydrogens is 280 g/mol. The van der Waals surface area contributed by atoms with Crippen LogP contribution in [0.1, 0.15) is 37.3 Å². The maximum absolute atomic E-state index is 13.0. The molecule has 0 saturated heterocycles. The van der Waals surface area contributed by atoms with E-state index < -0.39 is 0 Å². The molecule has 0 aromatic heterocycles. The van der Waals surface area contributed by atoms with E-state index in [1.54, 1.807) is 0 Å². The van der Waals surface area contributed by atoms with E-state index in [4.69, 9.17) is 0 Å². The van der Waals surface area contributed by atoms with Crippen molar-refractivity contribution in [1.29, 1.82) is 0 Å². The number of benzene rings is 2. The van der Waals surface area contributed by atoms with Crippen molar-refractivity contribution in [3.05, 3.63) is 82.9 Å². The van der Waals surface area contributed by atoms with E-state index in [1.165, 1.54) is 0 Å². The lowest BCUT2D eigenvalue weighted by Crippen LogP contribution is -2.09. The van der Waals surface area contributed by atoms with Gasteiger partial charge in [-0.2, -0.15) is 0 Å². The molecular formula is C22H22O. The second-order valence-electron chi connectivity index (χ2n) is 6.21. The molecule has 0 spiro atoms. The first kappa shape index (κ1) is 15.5. The highest BCUT2D eigenvalue weighted by Crippen LogP contribution is 2.31. The molecule has 0 radical (unpaired) electrons. The summed E-state index contributed by atoms with van der Waals surface area (Å²) in [6.45, 7) is 2.16. The first-order chi connectivity index (χ1) is 11.2. The minimum absolute atomic E-state index is 0.211. The van der Waals surface area contributed by atoms with E-state index in [9.17, 15) is 4.79 Å². The average Bonchev–Trinajstić information content (AvgIpc) is 2.71. The minimum Gasteiger partial charge on any atom is -0.289 e. The molecule has 1 aliphatic carbocycles. The average molecular weight is 302 g/mol. The minimum atomic E-state index is 0.211. The van der Waals surface area contributed by atoms with Crippen molar-refractivity contribution in [2.75, 3.05) is 0 Å². The van der Waals surface area contributed by atoms with Gasteiger partial charge in [0, 0.05) is 11.1 Å². The molecule has 1 saturated carbocycles. The normalized spacial score (nSPS) is 22.3. The zero-order chi connectivity index (χ0) is 16.1. The van der Waals surface area contributed by atoms with Gasteiger partial charge in [0.15, 0.2) is 5.78 Å². The molecule has 2 aromatic rings. The van der Waals surface area contributed by atoms with Crippen molar-refractivity contribution in [1.82, 2.24) is 0 Å². The van der Waals surface area contributed by atoms with E-state index in [2.05, 4.69) is 43.3 Å². The zero-order valence-electron chi connectivity index (χ0n) is 13.5. The molecule has 3 rings (SSSR count). The summed E-state index contributed by atoms with van der Waals surface area (Å²) in [5.41, 5.74) is 4.08. The van der Waals surface area contributed by atoms with Crippen LogP contribution in [0.15, 0.2) is 71.8 Å². The molecule has 1 unspecified atom stereocenters. The first-order valence-electron chi connectivity index (χ1n) is 8.31. The third kappa shape index (κ3) is 3.87. The third-order valence-corrected chi connectivity index (χ3v) is 4.43. The lowest BCUT2D eigenvalue weighted by molar-refractivity contribution is -0.112. The Kier molecular flexibility index (Phi) is 4.87. The second kappa shape index (κ2) is 7.23. The Labute approximate surface area is 138 Å². The predicted octanol–water partition coefficient (Wildman–Crippen LogP) is 5.54. The number of hydrogen-bond donors (Lipinski definition) is 0. The van der Waals surface area contributed by atoms with Crippen molar-refractivity contribution in [2.45, 2.75) is 26.2 Å². The standard InChI is InChI=1S/C22H22O/c1-17-9-8-14-20(15-18-10-4-2-5-11-18)22(23)21(17)16-19-12-6-3-7-13-19/h2-7,10-13,15-17H,8-9,14H2,1H3. The van der Waals surface area contributed by atoms with E-state index in [0.29, 0.717) is 5.92 Å². The molecule has 1 aliphatic rings. The van der Waals surface area contributed by atoms with Crippen LogP contribution in [0.3, 0.4) is 0 Å². The monoisotopic (exact) mass is 302 g/mol. The van der Waals surface area contributed by atoms with Gasteiger partial charge in [0.1, 0.15) is 0 Å². The molecule has 1 fully saturated rings. The number of carbonyl (C=O) groups is 1. The van der Waals surface area contributed by atoms with Gasteiger partial charge in [-0.15, -0.1) is 0 Å². The molecule has 0 N–H and O–H groups in total. The Hall–Kier alpha value is -2.41. The van der Waals surface area contributed by atoms with Gasteiger partial charge < -0.3 is 0 Å². The molecule has 0 bridgehead atoms. The Bertz CT molecular complexity index is 723. The zero-order valence-corrected chi connectivity index (χ0v) is 13.5. The largest absolute Gasteiger partial charge is 0.289 e. The predicted molar refractivity (Wildman–Crippen MR) is 96.9 cm³/mol. The van der Waals surface area contributed by atoms with Crippen LogP contribution in [-0.4, -0.2) is 5.78 Å². The number of allylic oxidation sites excluding steroid dienone is 2. The summed E-state index contributed by atoms with van der Waals surface area (Å²) in [5, 5.41) is 0. The van der Waals surface area contributed by atoms with Crippen molar-refractivity contribution in [2.24, 2.45) is 5.92 Å². The van der Waals surface area contributed by atoms with E-state index in [0.717, 1.165) is 41.5 Å². The molecule has 0 aliphatic heterocycles. The maximum Gasteiger partial charge on any atom is 0.185 e. The van der Waals surface area contributed by atoms with Gasteiger partial charge in [0.05, 0.1) is 0 Å². The van der Waals surface area contributed by atoms with Gasteiger partial charge in [0.2, 0.25) is 0 Å². The molecule has 0 amide bonds. The Morgan fingerprint density at radius 1 is 0.870 bits per heavy atom. The summed E-state index contributed by atoms with van der Waals surface area (Å²) in [6.07, 6.45) is 7.12. The van der Waals surface area contributed by atoms with Crippen molar-refractivity contribution in [3.8, 4) is 0 Å². The van der Waals surface area contributed by atoms with Crippen LogP contribution in [0.5, 0.6) is 0 Å². The number of carbonyl (C=O) groups excluding carboxylic acids is 1. The summed E-state index contributed by atoms with van der Waals surface area (Å²) in [6, 6.07) is 20.3. The fraction of sp³-hybridized carbons (Fsp3) is 0.227.